The van der Waals surface area contributed by atoms with Gasteiger partial charge in [-0.3, -0.25) is 0 Å². The maximum Gasteiger partial charge on any atom is 0.796 e. The molecule has 0 fully saturated rings. The fourth-order valence-corrected chi connectivity index (χ4v) is 2.58. The number of hydrogen-bond acceptors (Lipinski definition) is 3. The normalized spacial score (nSPS) is 14.8. The highest BCUT2D eigenvalue weighted by molar-refractivity contribution is 6.36. The van der Waals surface area contributed by atoms with Crippen LogP contribution in [0.15, 0.2) is 23.8 Å². The minimum atomic E-state index is -2.87. The Bertz CT molecular complexity index is 556. The molecule has 0 spiro atoms. The Morgan fingerprint density at radius 3 is 2.43 bits per heavy atom. The van der Waals surface area contributed by atoms with Crippen molar-refractivity contribution in [2.75, 3.05) is 14.2 Å². The van der Waals surface area contributed by atoms with E-state index >= 15 is 0 Å². The van der Waals surface area contributed by atoms with Gasteiger partial charge >= 0.3 is 7.47 Å². The molecular weight excluding hydrogens is 277 g/mol. The lowest BCUT2D eigenvalue weighted by molar-refractivity contribution is 0.0509. The molecule has 1 aliphatic rings. The van der Waals surface area contributed by atoms with Crippen LogP contribution in [0, 0.1) is 0 Å². The number of benzene rings is 1. The van der Waals surface area contributed by atoms with E-state index in [0.29, 0.717) is 17.7 Å². The van der Waals surface area contributed by atoms with Crippen molar-refractivity contribution in [3.05, 3.63) is 34.9 Å². The summed E-state index contributed by atoms with van der Waals surface area (Å²) in [6.07, 6.45) is 1.35. The van der Waals surface area contributed by atoms with Crippen molar-refractivity contribution in [2.45, 2.75) is 32.3 Å². The largest absolute Gasteiger partial charge is 0.796 e. The quantitative estimate of drug-likeness (QED) is 0.775. The average molecular weight is 296 g/mol. The second-order valence-corrected chi connectivity index (χ2v) is 5.42. The highest BCUT2D eigenvalue weighted by atomic mass is 19.2. The molecule has 0 saturated heterocycles. The van der Waals surface area contributed by atoms with Gasteiger partial charge in [0.15, 0.2) is 0 Å². The summed E-state index contributed by atoms with van der Waals surface area (Å²) in [5.74, 6) is 0.931. The number of fused-ring (bicyclic) bond motifs is 1. The molecule has 0 saturated carbocycles. The molecule has 1 aromatic rings. The first-order valence-corrected chi connectivity index (χ1v) is 6.80. The van der Waals surface area contributed by atoms with Crippen LogP contribution in [-0.2, 0) is 15.8 Å². The molecule has 0 aliphatic heterocycles. The topological polar surface area (TPSA) is 27.7 Å². The number of rotatable bonds is 5. The van der Waals surface area contributed by atoms with Crippen LogP contribution in [0.4, 0.5) is 8.63 Å². The van der Waals surface area contributed by atoms with Gasteiger partial charge in [-0.15, -0.1) is 0 Å². The Morgan fingerprint density at radius 2 is 1.86 bits per heavy atom. The van der Waals surface area contributed by atoms with Crippen molar-refractivity contribution >= 4 is 13.2 Å². The third-order valence-corrected chi connectivity index (χ3v) is 3.92. The van der Waals surface area contributed by atoms with Gasteiger partial charge in [0, 0.05) is 18.2 Å². The molecule has 0 amide bonds. The number of halogens is 2. The molecule has 21 heavy (non-hydrogen) atoms. The van der Waals surface area contributed by atoms with Crippen molar-refractivity contribution in [1.29, 1.82) is 0 Å². The molecule has 0 bridgehead atoms. The highest BCUT2D eigenvalue weighted by Gasteiger charge is 2.34. The van der Waals surface area contributed by atoms with E-state index in [-0.39, 0.29) is 5.76 Å². The van der Waals surface area contributed by atoms with Crippen LogP contribution in [0.25, 0.3) is 5.76 Å². The van der Waals surface area contributed by atoms with Crippen molar-refractivity contribution < 1.29 is 22.8 Å². The van der Waals surface area contributed by atoms with E-state index < -0.39 is 13.1 Å². The lowest BCUT2D eigenvalue weighted by Gasteiger charge is -2.33. The zero-order valence-electron chi connectivity index (χ0n) is 12.7. The predicted molar refractivity (Wildman–Crippen MR) is 78.4 cm³/mol. The Labute approximate surface area is 124 Å². The summed E-state index contributed by atoms with van der Waals surface area (Å²) in [4.78, 5) is 0. The minimum Gasteiger partial charge on any atom is -0.505 e. The van der Waals surface area contributed by atoms with E-state index in [1.165, 1.54) is 0 Å². The van der Waals surface area contributed by atoms with Gasteiger partial charge in [0.25, 0.3) is 0 Å². The van der Waals surface area contributed by atoms with E-state index in [9.17, 15) is 8.63 Å². The molecule has 6 heteroatoms. The van der Waals surface area contributed by atoms with Crippen LogP contribution in [0.5, 0.6) is 5.75 Å². The summed E-state index contributed by atoms with van der Waals surface area (Å²) in [5, 5.41) is 0. The number of aryl methyl sites for hydroxylation is 1. The van der Waals surface area contributed by atoms with Crippen LogP contribution >= 0.6 is 0 Å². The summed E-state index contributed by atoms with van der Waals surface area (Å²) < 4.78 is 41.0. The summed E-state index contributed by atoms with van der Waals surface area (Å²) in [6.45, 7) is 3.71. The van der Waals surface area contributed by atoms with Crippen LogP contribution < -0.4 is 4.74 Å². The van der Waals surface area contributed by atoms with Crippen molar-refractivity contribution in [3.8, 4) is 5.75 Å². The molecule has 2 rings (SSSR count). The van der Waals surface area contributed by atoms with E-state index in [1.807, 2.05) is 19.9 Å². The van der Waals surface area contributed by atoms with E-state index in [1.54, 1.807) is 26.4 Å². The van der Waals surface area contributed by atoms with Gasteiger partial charge in [0.2, 0.25) is 0 Å². The lowest BCUT2D eigenvalue weighted by atomic mass is 9.82. The second-order valence-electron chi connectivity index (χ2n) is 5.42. The summed E-state index contributed by atoms with van der Waals surface area (Å²) in [7, 11) is 0.281. The van der Waals surface area contributed by atoms with Crippen molar-refractivity contribution in [1.82, 2.24) is 0 Å². The number of ether oxygens (including phenoxy) is 2. The monoisotopic (exact) mass is 296 g/mol. The Kier molecular flexibility index (Phi) is 4.56. The first-order chi connectivity index (χ1) is 9.89. The molecule has 1 aromatic carbocycles. The van der Waals surface area contributed by atoms with Gasteiger partial charge in [-0.25, -0.2) is 8.63 Å². The van der Waals surface area contributed by atoms with Gasteiger partial charge < -0.3 is 14.1 Å². The lowest BCUT2D eigenvalue weighted by Crippen LogP contribution is -2.30. The molecular formula is C15H19BF2O3. The first kappa shape index (κ1) is 15.8. The highest BCUT2D eigenvalue weighted by Crippen LogP contribution is 2.40. The van der Waals surface area contributed by atoms with E-state index in [0.717, 1.165) is 17.6 Å². The van der Waals surface area contributed by atoms with E-state index in [4.69, 9.17) is 14.1 Å². The molecule has 0 N–H and O–H groups in total. The Morgan fingerprint density at radius 1 is 1.14 bits per heavy atom. The zero-order chi connectivity index (χ0) is 15.6. The third kappa shape index (κ3) is 3.21. The number of hydrogen-bond donors (Lipinski definition) is 0. The average Bonchev–Trinajstić information content (AvgIpc) is 2.46. The summed E-state index contributed by atoms with van der Waals surface area (Å²) in [6, 6.07) is 5.37. The zero-order valence-corrected chi connectivity index (χ0v) is 12.7. The molecule has 0 atom stereocenters. The second kappa shape index (κ2) is 6.06. The third-order valence-electron chi connectivity index (χ3n) is 3.92. The maximum absolute atomic E-state index is 12.8. The Balaban J connectivity index is 2.55. The summed E-state index contributed by atoms with van der Waals surface area (Å²) in [5.41, 5.74) is 1.73. The predicted octanol–water partition coefficient (Wildman–Crippen LogP) is 3.72. The molecule has 3 nitrogen and oxygen atoms in total. The first-order valence-electron chi connectivity index (χ1n) is 6.80. The van der Waals surface area contributed by atoms with E-state index in [2.05, 4.69) is 0 Å². The molecule has 0 heterocycles. The van der Waals surface area contributed by atoms with Crippen molar-refractivity contribution in [3.63, 3.8) is 0 Å². The molecule has 0 unspecified atom stereocenters. The van der Waals surface area contributed by atoms with Crippen molar-refractivity contribution in [2.24, 2.45) is 0 Å². The van der Waals surface area contributed by atoms with Crippen LogP contribution in [-0.4, -0.2) is 27.3 Å². The van der Waals surface area contributed by atoms with Crippen LogP contribution in [0.2, 0.25) is 0 Å². The Hall–Kier alpha value is -1.56. The van der Waals surface area contributed by atoms with Gasteiger partial charge in [0.1, 0.15) is 11.5 Å². The fourth-order valence-electron chi connectivity index (χ4n) is 2.58. The molecule has 0 aromatic heterocycles. The maximum atomic E-state index is 12.8. The van der Waals surface area contributed by atoms with Crippen LogP contribution in [0.3, 0.4) is 0 Å². The van der Waals surface area contributed by atoms with Gasteiger partial charge in [-0.05, 0) is 50.5 Å². The van der Waals surface area contributed by atoms with Gasteiger partial charge in [0.05, 0.1) is 12.7 Å². The van der Waals surface area contributed by atoms with Gasteiger partial charge in [-0.1, -0.05) is 0 Å². The standard InChI is InChI=1S/C15H19BF2O3/c1-15(2,20-4)13-8-5-10-9-11(19-3)6-7-12(10)14(13)21-16(17)18/h6-7,9H,5,8H2,1-4H3. The van der Waals surface area contributed by atoms with Gasteiger partial charge in [-0.2, -0.15) is 0 Å². The molecule has 114 valence electrons. The number of methoxy groups -OCH3 is 2. The summed E-state index contributed by atoms with van der Waals surface area (Å²) >= 11 is 0. The van der Waals surface area contributed by atoms with Crippen LogP contribution in [0.1, 0.15) is 31.4 Å². The smallest absolute Gasteiger partial charge is 0.505 e. The minimum absolute atomic E-state index is 0.223. The fraction of sp³-hybridized carbons (Fsp3) is 0.467. The molecule has 0 radical (unpaired) electrons. The SMILES string of the molecule is COc1ccc2c(c1)CCC(C(C)(C)OC)=C2OB(F)F. The molecule has 1 aliphatic carbocycles.